The van der Waals surface area contributed by atoms with Crippen LogP contribution >= 0.6 is 24.0 Å². The molecule has 170 valence electrons. The van der Waals surface area contributed by atoms with Crippen molar-refractivity contribution in [3.8, 4) is 23.0 Å². The molecule has 1 unspecified atom stereocenters. The van der Waals surface area contributed by atoms with E-state index in [-0.39, 0.29) is 30.1 Å². The van der Waals surface area contributed by atoms with E-state index in [0.29, 0.717) is 24.9 Å². The molecule has 0 spiro atoms. The first kappa shape index (κ1) is 23.9. The Hall–Kier alpha value is -2.75. The van der Waals surface area contributed by atoms with E-state index < -0.39 is 0 Å². The first-order valence-electron chi connectivity index (χ1n) is 10.5. The smallest absolute Gasteiger partial charge is 0.226 e. The van der Waals surface area contributed by atoms with Gasteiger partial charge in [-0.05, 0) is 38.1 Å². The van der Waals surface area contributed by atoms with Gasteiger partial charge in [0.1, 0.15) is 23.9 Å². The number of ether oxygens (including phenoxy) is 2. The zero-order valence-electron chi connectivity index (χ0n) is 18.6. The highest BCUT2D eigenvalue weighted by atomic mass is 127. The molecule has 1 aliphatic heterocycles. The minimum absolute atomic E-state index is 0. The average molecular weight is 548 g/mol. The summed E-state index contributed by atoms with van der Waals surface area (Å²) >= 11 is 0. The molecule has 1 aliphatic rings. The van der Waals surface area contributed by atoms with E-state index >= 15 is 0 Å². The van der Waals surface area contributed by atoms with Gasteiger partial charge < -0.3 is 24.5 Å². The summed E-state index contributed by atoms with van der Waals surface area (Å²) in [6.45, 7) is 5.83. The summed E-state index contributed by atoms with van der Waals surface area (Å²) in [5.74, 6) is 3.06. The van der Waals surface area contributed by atoms with E-state index in [9.17, 15) is 0 Å². The Morgan fingerprint density at radius 3 is 2.78 bits per heavy atom. The highest BCUT2D eigenvalue weighted by Gasteiger charge is 2.21. The van der Waals surface area contributed by atoms with Crippen LogP contribution in [0.5, 0.6) is 11.5 Å². The largest absolute Gasteiger partial charge is 0.496 e. The number of oxazole rings is 1. The number of fused-ring (bicyclic) bond motifs is 1. The third-order valence-corrected chi connectivity index (χ3v) is 5.06. The van der Waals surface area contributed by atoms with Crippen LogP contribution in [0, 0.1) is 0 Å². The molecule has 7 nitrogen and oxygen atoms in total. The summed E-state index contributed by atoms with van der Waals surface area (Å²) in [5, 5.41) is 6.58. The molecule has 0 radical (unpaired) electrons. The molecule has 32 heavy (non-hydrogen) atoms. The number of nitrogens with one attached hydrogen (secondary N) is 2. The molecule has 0 saturated heterocycles. The molecule has 1 atom stereocenters. The van der Waals surface area contributed by atoms with E-state index in [1.165, 1.54) is 5.56 Å². The van der Waals surface area contributed by atoms with E-state index in [2.05, 4.69) is 28.6 Å². The molecule has 2 aromatic carbocycles. The van der Waals surface area contributed by atoms with Gasteiger partial charge in [-0.25, -0.2) is 9.98 Å². The van der Waals surface area contributed by atoms with Crippen LogP contribution in [-0.2, 0) is 19.5 Å². The van der Waals surface area contributed by atoms with Crippen molar-refractivity contribution in [3.05, 3.63) is 65.5 Å². The van der Waals surface area contributed by atoms with E-state index in [1.807, 2.05) is 43.3 Å². The van der Waals surface area contributed by atoms with Crippen molar-refractivity contribution in [2.75, 3.05) is 13.7 Å². The van der Waals surface area contributed by atoms with Crippen molar-refractivity contribution in [3.63, 3.8) is 0 Å². The van der Waals surface area contributed by atoms with Gasteiger partial charge in [0.15, 0.2) is 5.96 Å². The monoisotopic (exact) mass is 548 g/mol. The quantitative estimate of drug-likeness (QED) is 0.256. The van der Waals surface area contributed by atoms with Crippen LogP contribution < -0.4 is 20.1 Å². The summed E-state index contributed by atoms with van der Waals surface area (Å²) in [5.41, 5.74) is 3.93. The molecule has 1 aromatic heterocycles. The van der Waals surface area contributed by atoms with Gasteiger partial charge in [0.25, 0.3) is 0 Å². The fourth-order valence-electron chi connectivity index (χ4n) is 3.58. The lowest BCUT2D eigenvalue weighted by atomic mass is 10.1. The van der Waals surface area contributed by atoms with Gasteiger partial charge in [-0.2, -0.15) is 0 Å². The molecular weight excluding hydrogens is 519 g/mol. The molecular formula is C24H29IN4O3. The molecule has 0 saturated carbocycles. The maximum absolute atomic E-state index is 5.89. The second-order valence-electron chi connectivity index (χ2n) is 7.46. The summed E-state index contributed by atoms with van der Waals surface area (Å²) in [7, 11) is 1.69. The standard InChI is InChI=1S/C24H28N4O3.HI/c1-4-25-24(27-14-20-15-30-23(28-20)17-8-6-5-7-9-17)26-13-19-12-22-18(10-16(2)31-22)11-21(19)29-3;/h5-9,11-12,15-16H,4,10,13-14H2,1-3H3,(H2,25,26,27);1H. The van der Waals surface area contributed by atoms with Crippen LogP contribution in [0.25, 0.3) is 11.5 Å². The number of benzene rings is 2. The first-order valence-corrected chi connectivity index (χ1v) is 10.5. The lowest BCUT2D eigenvalue weighted by Gasteiger charge is -2.12. The Morgan fingerprint density at radius 1 is 1.22 bits per heavy atom. The first-order chi connectivity index (χ1) is 15.2. The van der Waals surface area contributed by atoms with Crippen molar-refractivity contribution < 1.29 is 13.9 Å². The van der Waals surface area contributed by atoms with Crippen LogP contribution in [0.4, 0.5) is 0 Å². The van der Waals surface area contributed by atoms with Crippen molar-refractivity contribution in [1.29, 1.82) is 0 Å². The molecule has 2 N–H and O–H groups in total. The van der Waals surface area contributed by atoms with Crippen molar-refractivity contribution in [1.82, 2.24) is 15.6 Å². The number of guanidine groups is 1. The maximum atomic E-state index is 5.89. The predicted octanol–water partition coefficient (Wildman–Crippen LogP) is 4.55. The average Bonchev–Trinajstić information content (AvgIpc) is 3.41. The minimum Gasteiger partial charge on any atom is -0.496 e. The fourth-order valence-corrected chi connectivity index (χ4v) is 3.58. The second-order valence-corrected chi connectivity index (χ2v) is 7.46. The predicted molar refractivity (Wildman–Crippen MR) is 136 cm³/mol. The van der Waals surface area contributed by atoms with Gasteiger partial charge in [0.2, 0.25) is 5.89 Å². The molecule has 3 aromatic rings. The van der Waals surface area contributed by atoms with Gasteiger partial charge in [-0.3, -0.25) is 0 Å². The highest BCUT2D eigenvalue weighted by molar-refractivity contribution is 14.0. The zero-order valence-corrected chi connectivity index (χ0v) is 20.9. The van der Waals surface area contributed by atoms with E-state index in [4.69, 9.17) is 18.9 Å². The Morgan fingerprint density at radius 2 is 2.03 bits per heavy atom. The third-order valence-electron chi connectivity index (χ3n) is 5.06. The van der Waals surface area contributed by atoms with Crippen LogP contribution in [0.1, 0.15) is 30.7 Å². The highest BCUT2D eigenvalue weighted by Crippen LogP contribution is 2.35. The number of aromatic nitrogens is 1. The number of nitrogens with zero attached hydrogens (tertiary/aromatic N) is 2. The van der Waals surface area contributed by atoms with Crippen LogP contribution in [-0.4, -0.2) is 30.7 Å². The summed E-state index contributed by atoms with van der Waals surface area (Å²) in [6.07, 6.45) is 2.77. The summed E-state index contributed by atoms with van der Waals surface area (Å²) in [4.78, 5) is 9.27. The summed E-state index contributed by atoms with van der Waals surface area (Å²) in [6, 6.07) is 13.9. The Labute approximate surface area is 205 Å². The number of hydrogen-bond acceptors (Lipinski definition) is 5. The van der Waals surface area contributed by atoms with Crippen LogP contribution in [0.15, 0.2) is 58.1 Å². The van der Waals surface area contributed by atoms with Gasteiger partial charge in [-0.15, -0.1) is 24.0 Å². The topological polar surface area (TPSA) is 80.9 Å². The fraction of sp³-hybridized carbons (Fsp3) is 0.333. The molecule has 4 rings (SSSR count). The third kappa shape index (κ3) is 5.73. The molecule has 0 amide bonds. The minimum atomic E-state index is 0. The van der Waals surface area contributed by atoms with E-state index in [1.54, 1.807) is 13.4 Å². The van der Waals surface area contributed by atoms with Crippen molar-refractivity contribution in [2.45, 2.75) is 39.5 Å². The lowest BCUT2D eigenvalue weighted by Crippen LogP contribution is -2.36. The number of halogens is 1. The Bertz CT molecular complexity index is 1050. The van der Waals surface area contributed by atoms with Crippen LogP contribution in [0.3, 0.4) is 0 Å². The molecule has 0 bridgehead atoms. The van der Waals surface area contributed by atoms with Crippen LogP contribution in [0.2, 0.25) is 0 Å². The SMILES string of the molecule is CCNC(=NCc1cc2c(cc1OC)CC(C)O2)NCc1coc(-c2ccccc2)n1.I. The molecule has 0 fully saturated rings. The molecule has 2 heterocycles. The zero-order chi connectivity index (χ0) is 21.6. The number of hydrogen-bond donors (Lipinski definition) is 2. The maximum Gasteiger partial charge on any atom is 0.226 e. The lowest BCUT2D eigenvalue weighted by molar-refractivity contribution is 0.254. The molecule has 0 aliphatic carbocycles. The van der Waals surface area contributed by atoms with E-state index in [0.717, 1.165) is 41.3 Å². The second kappa shape index (κ2) is 11.2. The number of aliphatic imine (C=N–C) groups is 1. The van der Waals surface area contributed by atoms with Gasteiger partial charge in [0.05, 0.1) is 25.9 Å². The Kier molecular flexibility index (Phi) is 8.38. The van der Waals surface area contributed by atoms with Crippen molar-refractivity contribution in [2.24, 2.45) is 4.99 Å². The van der Waals surface area contributed by atoms with Gasteiger partial charge in [-0.1, -0.05) is 18.2 Å². The number of rotatable bonds is 7. The van der Waals surface area contributed by atoms with Gasteiger partial charge in [0, 0.05) is 29.7 Å². The van der Waals surface area contributed by atoms with Crippen molar-refractivity contribution >= 4 is 29.9 Å². The van der Waals surface area contributed by atoms with Gasteiger partial charge >= 0.3 is 0 Å². The molecule has 8 heteroatoms. The Balaban J connectivity index is 0.00000289. The normalized spacial score (nSPS) is 14.8. The summed E-state index contributed by atoms with van der Waals surface area (Å²) < 4.78 is 17.1. The number of methoxy groups -OCH3 is 1.